The molecule has 8 heteroatoms. The Morgan fingerprint density at radius 2 is 1.75 bits per heavy atom. The number of halogens is 2. The normalized spacial score (nSPS) is 10.8. The van der Waals surface area contributed by atoms with E-state index in [1.807, 2.05) is 0 Å². The Kier molecular flexibility index (Phi) is 5.90. The van der Waals surface area contributed by atoms with Crippen LogP contribution in [0.2, 0.25) is 0 Å². The van der Waals surface area contributed by atoms with Crippen molar-refractivity contribution >= 4 is 40.0 Å². The van der Waals surface area contributed by atoms with Crippen molar-refractivity contribution in [1.82, 2.24) is 4.98 Å². The highest BCUT2D eigenvalue weighted by molar-refractivity contribution is 7.14. The molecule has 0 saturated carbocycles. The van der Waals surface area contributed by atoms with Crippen LogP contribution in [0.4, 0.5) is 19.6 Å². The maximum absolute atomic E-state index is 13.5. The molecule has 1 aromatic heterocycles. The third-order valence-corrected chi connectivity index (χ3v) is 4.36. The third-order valence-electron chi connectivity index (χ3n) is 3.60. The van der Waals surface area contributed by atoms with E-state index in [0.717, 1.165) is 0 Å². The van der Waals surface area contributed by atoms with Gasteiger partial charge in [-0.2, -0.15) is 0 Å². The fourth-order valence-corrected chi connectivity index (χ4v) is 3.09. The number of rotatable bonds is 5. The third kappa shape index (κ3) is 5.08. The summed E-state index contributed by atoms with van der Waals surface area (Å²) in [7, 11) is 0. The van der Waals surface area contributed by atoms with Gasteiger partial charge in [-0.05, 0) is 42.0 Å². The molecule has 28 heavy (non-hydrogen) atoms. The topological polar surface area (TPSA) is 71.1 Å². The number of thiazole rings is 1. The Bertz CT molecular complexity index is 1050. The first-order valence-electron chi connectivity index (χ1n) is 8.18. The zero-order valence-corrected chi connectivity index (χ0v) is 15.5. The summed E-state index contributed by atoms with van der Waals surface area (Å²) in [5.74, 6) is -1.56. The van der Waals surface area contributed by atoms with Gasteiger partial charge in [-0.25, -0.2) is 13.8 Å². The molecule has 0 atom stereocenters. The highest BCUT2D eigenvalue weighted by Crippen LogP contribution is 2.31. The number of hydrogen-bond acceptors (Lipinski definition) is 4. The summed E-state index contributed by atoms with van der Waals surface area (Å²) >= 11 is 1.20. The van der Waals surface area contributed by atoms with E-state index in [9.17, 15) is 18.4 Å². The van der Waals surface area contributed by atoms with Crippen LogP contribution in [0.15, 0.2) is 53.9 Å². The Labute approximate surface area is 163 Å². The molecule has 142 valence electrons. The predicted molar refractivity (Wildman–Crippen MR) is 106 cm³/mol. The number of hydrogen-bond donors (Lipinski definition) is 2. The number of carbonyl (C=O) groups excluding carboxylic acids is 2. The highest BCUT2D eigenvalue weighted by Gasteiger charge is 2.12. The summed E-state index contributed by atoms with van der Waals surface area (Å²) in [6.07, 6.45) is 2.87. The molecule has 2 amide bonds. The smallest absolute Gasteiger partial charge is 0.250 e. The second kappa shape index (κ2) is 8.53. The quantitative estimate of drug-likeness (QED) is 0.611. The van der Waals surface area contributed by atoms with Gasteiger partial charge in [0.1, 0.15) is 11.6 Å². The number of anilines is 2. The highest BCUT2D eigenvalue weighted by atomic mass is 32.1. The molecular formula is C20H15F2N3O2S. The van der Waals surface area contributed by atoms with E-state index in [2.05, 4.69) is 15.6 Å². The standard InChI is InChI=1S/C20H15F2N3O2S/c1-12(26)23-17-10-15(22)7-8-16(17)18-11-28-20(24-18)25-19(27)9-4-13-2-5-14(21)6-3-13/h2-11H,1H3,(H,23,26)(H,24,25,27). The van der Waals surface area contributed by atoms with Crippen molar-refractivity contribution < 1.29 is 18.4 Å². The Hall–Kier alpha value is -3.39. The van der Waals surface area contributed by atoms with E-state index in [1.165, 1.54) is 54.7 Å². The van der Waals surface area contributed by atoms with Crippen LogP contribution in [0.5, 0.6) is 0 Å². The minimum atomic E-state index is -0.484. The van der Waals surface area contributed by atoms with Crippen molar-refractivity contribution in [3.8, 4) is 11.3 Å². The molecule has 0 aliphatic rings. The lowest BCUT2D eigenvalue weighted by atomic mass is 10.1. The molecule has 3 aromatic rings. The van der Waals surface area contributed by atoms with Crippen LogP contribution in [-0.2, 0) is 9.59 Å². The molecule has 0 bridgehead atoms. The summed E-state index contributed by atoms with van der Waals surface area (Å²) in [6.45, 7) is 1.33. The van der Waals surface area contributed by atoms with E-state index < -0.39 is 11.7 Å². The molecule has 0 radical (unpaired) electrons. The van der Waals surface area contributed by atoms with Gasteiger partial charge in [-0.3, -0.25) is 14.9 Å². The molecule has 0 aliphatic heterocycles. The number of nitrogens with zero attached hydrogens (tertiary/aromatic N) is 1. The number of carbonyl (C=O) groups is 2. The summed E-state index contributed by atoms with van der Waals surface area (Å²) in [5, 5.41) is 7.24. The second-order valence-corrected chi connectivity index (χ2v) is 6.64. The molecule has 5 nitrogen and oxygen atoms in total. The summed E-state index contributed by atoms with van der Waals surface area (Å²) in [5.41, 5.74) is 2.01. The molecular weight excluding hydrogens is 384 g/mol. The maximum atomic E-state index is 13.5. The van der Waals surface area contributed by atoms with E-state index in [1.54, 1.807) is 23.6 Å². The predicted octanol–water partition coefficient (Wildman–Crippen LogP) is 4.70. The molecule has 0 aliphatic carbocycles. The van der Waals surface area contributed by atoms with Crippen molar-refractivity contribution in [1.29, 1.82) is 0 Å². The van der Waals surface area contributed by atoms with Crippen molar-refractivity contribution in [3.05, 3.63) is 71.1 Å². The van der Waals surface area contributed by atoms with Crippen LogP contribution < -0.4 is 10.6 Å². The van der Waals surface area contributed by atoms with Gasteiger partial charge in [-0.1, -0.05) is 12.1 Å². The number of aromatic nitrogens is 1. The first-order chi connectivity index (χ1) is 13.4. The average molecular weight is 399 g/mol. The lowest BCUT2D eigenvalue weighted by Gasteiger charge is -2.08. The molecule has 0 spiro atoms. The van der Waals surface area contributed by atoms with Gasteiger partial charge in [0, 0.05) is 23.9 Å². The summed E-state index contributed by atoms with van der Waals surface area (Å²) < 4.78 is 26.4. The molecule has 0 saturated heterocycles. The van der Waals surface area contributed by atoms with Gasteiger partial charge in [0.05, 0.1) is 11.4 Å². The molecule has 2 aromatic carbocycles. The van der Waals surface area contributed by atoms with Crippen molar-refractivity contribution in [2.24, 2.45) is 0 Å². The van der Waals surface area contributed by atoms with Gasteiger partial charge >= 0.3 is 0 Å². The first-order valence-corrected chi connectivity index (χ1v) is 9.06. The number of benzene rings is 2. The zero-order chi connectivity index (χ0) is 20.1. The maximum Gasteiger partial charge on any atom is 0.250 e. The zero-order valence-electron chi connectivity index (χ0n) is 14.7. The van der Waals surface area contributed by atoms with Crippen LogP contribution in [0.3, 0.4) is 0 Å². The average Bonchev–Trinajstić information content (AvgIpc) is 3.09. The van der Waals surface area contributed by atoms with Crippen LogP contribution in [0, 0.1) is 11.6 Å². The fourth-order valence-electron chi connectivity index (χ4n) is 2.38. The minimum absolute atomic E-state index is 0.298. The Balaban J connectivity index is 1.73. The first kappa shape index (κ1) is 19.4. The number of amides is 2. The Morgan fingerprint density at radius 3 is 2.46 bits per heavy atom. The largest absolute Gasteiger partial charge is 0.326 e. The molecule has 1 heterocycles. The monoisotopic (exact) mass is 399 g/mol. The Morgan fingerprint density at radius 1 is 1.04 bits per heavy atom. The minimum Gasteiger partial charge on any atom is -0.326 e. The fraction of sp³-hybridized carbons (Fsp3) is 0.0500. The van der Waals surface area contributed by atoms with E-state index in [4.69, 9.17) is 0 Å². The molecule has 0 fully saturated rings. The molecule has 2 N–H and O–H groups in total. The van der Waals surface area contributed by atoms with E-state index in [-0.39, 0.29) is 11.7 Å². The van der Waals surface area contributed by atoms with Crippen molar-refractivity contribution in [3.63, 3.8) is 0 Å². The summed E-state index contributed by atoms with van der Waals surface area (Å²) in [4.78, 5) is 27.7. The second-order valence-electron chi connectivity index (χ2n) is 5.78. The van der Waals surface area contributed by atoms with Gasteiger partial charge in [0.25, 0.3) is 0 Å². The SMILES string of the molecule is CC(=O)Nc1cc(F)ccc1-c1csc(NC(=O)C=Cc2ccc(F)cc2)n1. The molecule has 3 rings (SSSR count). The van der Waals surface area contributed by atoms with Crippen LogP contribution in [0.25, 0.3) is 17.3 Å². The van der Waals surface area contributed by atoms with Gasteiger partial charge in [0.15, 0.2) is 5.13 Å². The lowest BCUT2D eigenvalue weighted by Crippen LogP contribution is -2.08. The van der Waals surface area contributed by atoms with Crippen molar-refractivity contribution in [2.75, 3.05) is 10.6 Å². The number of nitrogens with one attached hydrogen (secondary N) is 2. The van der Waals surface area contributed by atoms with E-state index in [0.29, 0.717) is 27.6 Å². The van der Waals surface area contributed by atoms with Crippen LogP contribution >= 0.6 is 11.3 Å². The van der Waals surface area contributed by atoms with Crippen LogP contribution in [0.1, 0.15) is 12.5 Å². The lowest BCUT2D eigenvalue weighted by molar-refractivity contribution is -0.114. The van der Waals surface area contributed by atoms with E-state index >= 15 is 0 Å². The van der Waals surface area contributed by atoms with Crippen LogP contribution in [-0.4, -0.2) is 16.8 Å². The van der Waals surface area contributed by atoms with Gasteiger partial charge in [0.2, 0.25) is 11.8 Å². The van der Waals surface area contributed by atoms with Gasteiger partial charge in [-0.15, -0.1) is 11.3 Å². The summed E-state index contributed by atoms with van der Waals surface area (Å²) in [6, 6.07) is 9.70. The van der Waals surface area contributed by atoms with Crippen molar-refractivity contribution in [2.45, 2.75) is 6.92 Å². The molecule has 0 unspecified atom stereocenters. The van der Waals surface area contributed by atoms with Gasteiger partial charge < -0.3 is 5.32 Å².